The van der Waals surface area contributed by atoms with Crippen molar-refractivity contribution in [1.82, 2.24) is 0 Å². The minimum absolute atomic E-state index is 0. The van der Waals surface area contributed by atoms with Crippen LogP contribution in [-0.2, 0) is 4.79 Å². The Morgan fingerprint density at radius 2 is 2.00 bits per heavy atom. The van der Waals surface area contributed by atoms with Gasteiger partial charge in [0.15, 0.2) is 5.78 Å². The molecule has 0 spiro atoms. The van der Waals surface area contributed by atoms with Crippen molar-refractivity contribution in [1.29, 1.82) is 0 Å². The Morgan fingerprint density at radius 1 is 1.43 bits per heavy atom. The van der Waals surface area contributed by atoms with E-state index >= 15 is 0 Å². The number of hydrogen-bond donors (Lipinski definition) is 0. The second-order valence-corrected chi connectivity index (χ2v) is 4.87. The van der Waals surface area contributed by atoms with Gasteiger partial charge in [0.05, 0.1) is 0 Å². The zero-order valence-corrected chi connectivity index (χ0v) is 11.6. The molecular weight excluding hydrogens is 187 g/mol. The molecule has 1 unspecified atom stereocenters. The van der Waals surface area contributed by atoms with E-state index in [1.807, 2.05) is 0 Å². The average molecular weight is 204 g/mol. The Hall–Kier alpha value is 0.210. The fraction of sp³-hybridized carbons (Fsp3) is 0.727. The van der Waals surface area contributed by atoms with Gasteiger partial charge in [-0.1, -0.05) is 20.8 Å². The first kappa shape index (κ1) is 14.2. The standard InChI is InChI=1S/C11H18O2.Na/c1-11(2,3)9-4-5-10(13)8(6-9)7-12;/h7,9,12H,4-6H2,1-3H3;/q;+1/p-1. The monoisotopic (exact) mass is 204 g/mol. The van der Waals surface area contributed by atoms with E-state index in [0.717, 1.165) is 12.7 Å². The number of rotatable bonds is 0. The smallest absolute Gasteiger partial charge is 0.878 e. The van der Waals surface area contributed by atoms with Crippen molar-refractivity contribution in [2.75, 3.05) is 0 Å². The van der Waals surface area contributed by atoms with Gasteiger partial charge in [-0.3, -0.25) is 4.79 Å². The summed E-state index contributed by atoms with van der Waals surface area (Å²) in [7, 11) is 0. The van der Waals surface area contributed by atoms with Crippen molar-refractivity contribution in [3.8, 4) is 0 Å². The van der Waals surface area contributed by atoms with E-state index in [1.54, 1.807) is 0 Å². The second kappa shape index (κ2) is 5.34. The van der Waals surface area contributed by atoms with Crippen LogP contribution in [-0.4, -0.2) is 5.78 Å². The molecule has 1 rings (SSSR count). The first-order valence-corrected chi connectivity index (χ1v) is 4.79. The molecule has 1 aliphatic carbocycles. The summed E-state index contributed by atoms with van der Waals surface area (Å²) in [5.74, 6) is 0.529. The molecule has 1 saturated carbocycles. The predicted molar refractivity (Wildman–Crippen MR) is 49.9 cm³/mol. The number of carbonyl (C=O) groups excluding carboxylic acids is 1. The number of ketones is 1. The normalized spacial score (nSPS) is 26.1. The Labute approximate surface area is 108 Å². The Kier molecular flexibility index (Phi) is 5.42. The zero-order chi connectivity index (χ0) is 10.1. The first-order valence-electron chi connectivity index (χ1n) is 4.79. The fourth-order valence-corrected chi connectivity index (χ4v) is 1.80. The molecule has 0 N–H and O–H groups in total. The third-order valence-corrected chi connectivity index (χ3v) is 2.91. The van der Waals surface area contributed by atoms with Crippen molar-refractivity contribution in [2.45, 2.75) is 40.0 Å². The number of hydrogen-bond acceptors (Lipinski definition) is 2. The van der Waals surface area contributed by atoms with E-state index in [0.29, 0.717) is 24.3 Å². The van der Waals surface area contributed by atoms with E-state index in [-0.39, 0.29) is 40.8 Å². The maximum atomic E-state index is 11.2. The van der Waals surface area contributed by atoms with Crippen LogP contribution in [0.3, 0.4) is 0 Å². The van der Waals surface area contributed by atoms with Crippen LogP contribution < -0.4 is 34.7 Å². The largest absolute Gasteiger partial charge is 1.00 e. The summed E-state index contributed by atoms with van der Waals surface area (Å²) >= 11 is 0. The van der Waals surface area contributed by atoms with E-state index in [2.05, 4.69) is 20.8 Å². The van der Waals surface area contributed by atoms with Crippen LogP contribution in [0.15, 0.2) is 11.8 Å². The van der Waals surface area contributed by atoms with E-state index in [1.165, 1.54) is 0 Å². The summed E-state index contributed by atoms with van der Waals surface area (Å²) in [5, 5.41) is 10.6. The van der Waals surface area contributed by atoms with Crippen molar-refractivity contribution < 1.29 is 39.5 Å². The molecule has 0 aliphatic heterocycles. The van der Waals surface area contributed by atoms with Crippen LogP contribution in [0.25, 0.3) is 0 Å². The Morgan fingerprint density at radius 3 is 2.43 bits per heavy atom. The number of allylic oxidation sites excluding steroid dienone is 1. The van der Waals surface area contributed by atoms with Gasteiger partial charge in [-0.15, -0.1) is 6.26 Å². The summed E-state index contributed by atoms with van der Waals surface area (Å²) < 4.78 is 0. The molecule has 0 bridgehead atoms. The summed E-state index contributed by atoms with van der Waals surface area (Å²) in [5.41, 5.74) is 0.695. The third-order valence-electron chi connectivity index (χ3n) is 2.91. The minimum Gasteiger partial charge on any atom is -0.878 e. The van der Waals surface area contributed by atoms with Crippen LogP contribution >= 0.6 is 0 Å². The second-order valence-electron chi connectivity index (χ2n) is 4.87. The summed E-state index contributed by atoms with van der Waals surface area (Å²) in [6.45, 7) is 6.49. The van der Waals surface area contributed by atoms with Crippen LogP contribution in [0.2, 0.25) is 0 Å². The zero-order valence-electron chi connectivity index (χ0n) is 9.59. The van der Waals surface area contributed by atoms with Crippen LogP contribution in [0, 0.1) is 11.3 Å². The summed E-state index contributed by atoms with van der Waals surface area (Å²) in [6, 6.07) is 0. The maximum Gasteiger partial charge on any atom is 1.00 e. The van der Waals surface area contributed by atoms with Gasteiger partial charge in [0.25, 0.3) is 0 Å². The van der Waals surface area contributed by atoms with Crippen molar-refractivity contribution in [2.24, 2.45) is 11.3 Å². The molecular formula is C11H17NaO2. The van der Waals surface area contributed by atoms with Gasteiger partial charge < -0.3 is 5.11 Å². The van der Waals surface area contributed by atoms with Crippen molar-refractivity contribution in [3.63, 3.8) is 0 Å². The minimum atomic E-state index is 0. The van der Waals surface area contributed by atoms with Gasteiger partial charge >= 0.3 is 29.6 Å². The third kappa shape index (κ3) is 3.41. The van der Waals surface area contributed by atoms with Gasteiger partial charge in [0, 0.05) is 6.42 Å². The molecule has 0 aromatic rings. The topological polar surface area (TPSA) is 40.1 Å². The average Bonchev–Trinajstić information content (AvgIpc) is 2.03. The Balaban J connectivity index is 0.00000169. The molecule has 2 nitrogen and oxygen atoms in total. The van der Waals surface area contributed by atoms with Crippen LogP contribution in [0.1, 0.15) is 40.0 Å². The van der Waals surface area contributed by atoms with E-state index in [4.69, 9.17) is 0 Å². The summed E-state index contributed by atoms with van der Waals surface area (Å²) in [6.07, 6.45) is 2.89. The molecule has 1 aliphatic rings. The maximum absolute atomic E-state index is 11.2. The molecule has 1 atom stereocenters. The van der Waals surface area contributed by atoms with Gasteiger partial charge in [0.2, 0.25) is 0 Å². The van der Waals surface area contributed by atoms with E-state index in [9.17, 15) is 9.90 Å². The molecule has 14 heavy (non-hydrogen) atoms. The SMILES string of the molecule is CC(C)(C)C1CCC(=O)C(=C[O-])C1.[Na+]. The molecule has 0 aromatic carbocycles. The molecule has 1 fully saturated rings. The molecule has 0 saturated heterocycles. The molecule has 74 valence electrons. The van der Waals surface area contributed by atoms with Gasteiger partial charge in [-0.2, -0.15) is 0 Å². The molecule has 0 aromatic heterocycles. The predicted octanol–water partition coefficient (Wildman–Crippen LogP) is -1.35. The Bertz CT molecular complexity index is 238. The van der Waals surface area contributed by atoms with Gasteiger partial charge in [-0.25, -0.2) is 0 Å². The number of Topliss-reactive ketones (excluding diaryl/α,β-unsaturated/α-hetero) is 1. The quantitative estimate of drug-likeness (QED) is 0.278. The van der Waals surface area contributed by atoms with Gasteiger partial charge in [0.1, 0.15) is 0 Å². The van der Waals surface area contributed by atoms with E-state index < -0.39 is 0 Å². The molecule has 0 heterocycles. The van der Waals surface area contributed by atoms with Crippen molar-refractivity contribution >= 4 is 5.78 Å². The van der Waals surface area contributed by atoms with Crippen LogP contribution in [0.5, 0.6) is 0 Å². The first-order chi connectivity index (χ1) is 5.95. The summed E-state index contributed by atoms with van der Waals surface area (Å²) in [4.78, 5) is 11.2. The van der Waals surface area contributed by atoms with Gasteiger partial charge in [-0.05, 0) is 29.7 Å². The molecule has 3 heteroatoms. The van der Waals surface area contributed by atoms with Crippen molar-refractivity contribution in [3.05, 3.63) is 11.8 Å². The fourth-order valence-electron chi connectivity index (χ4n) is 1.80. The van der Waals surface area contributed by atoms with Crippen LogP contribution in [0.4, 0.5) is 0 Å². The molecule has 0 amide bonds. The number of carbonyl (C=O) groups is 1. The molecule has 0 radical (unpaired) electrons.